The Kier molecular flexibility index (Phi) is 7.56. The molecule has 170 valence electrons. The van der Waals surface area contributed by atoms with Crippen molar-refractivity contribution >= 4 is 29.0 Å². The van der Waals surface area contributed by atoms with E-state index in [9.17, 15) is 9.59 Å². The van der Waals surface area contributed by atoms with Crippen LogP contribution in [0, 0.1) is 0 Å². The number of nitrogens with one attached hydrogen (secondary N) is 3. The predicted octanol–water partition coefficient (Wildman–Crippen LogP) is 3.89. The molecule has 0 bridgehead atoms. The third-order valence-electron chi connectivity index (χ3n) is 5.45. The van der Waals surface area contributed by atoms with Gasteiger partial charge in [-0.15, -0.1) is 0 Å². The van der Waals surface area contributed by atoms with Gasteiger partial charge in [-0.3, -0.25) is 4.79 Å². The smallest absolute Gasteiger partial charge is 0.319 e. The largest absolute Gasteiger partial charge is 0.378 e. The van der Waals surface area contributed by atoms with Gasteiger partial charge in [0.25, 0.3) is 0 Å². The Labute approximate surface area is 193 Å². The van der Waals surface area contributed by atoms with E-state index in [0.717, 1.165) is 37.6 Å². The van der Waals surface area contributed by atoms with Crippen molar-refractivity contribution in [2.24, 2.45) is 0 Å². The molecule has 1 saturated heterocycles. The lowest BCUT2D eigenvalue weighted by Gasteiger charge is -2.29. The molecular weight excluding hydrogens is 416 g/mol. The number of ether oxygens (including phenoxy) is 1. The summed E-state index contributed by atoms with van der Waals surface area (Å²) in [5, 5.41) is 8.52. The zero-order valence-electron chi connectivity index (χ0n) is 18.4. The first-order valence-corrected chi connectivity index (χ1v) is 11.1. The monoisotopic (exact) mass is 444 g/mol. The normalized spacial score (nSPS) is 14.2. The molecule has 0 saturated carbocycles. The molecule has 1 unspecified atom stereocenters. The molecule has 0 aliphatic carbocycles. The van der Waals surface area contributed by atoms with Gasteiger partial charge in [-0.2, -0.15) is 0 Å². The third-order valence-corrected chi connectivity index (χ3v) is 5.45. The minimum atomic E-state index is -0.741. The van der Waals surface area contributed by atoms with Crippen LogP contribution >= 0.6 is 0 Å². The second kappa shape index (κ2) is 11.2. The predicted molar refractivity (Wildman–Crippen MR) is 131 cm³/mol. The number of morpholine rings is 1. The van der Waals surface area contributed by atoms with Gasteiger partial charge in [-0.05, 0) is 42.0 Å². The molecule has 0 aromatic heterocycles. The Morgan fingerprint density at radius 1 is 0.788 bits per heavy atom. The van der Waals surface area contributed by atoms with E-state index in [2.05, 4.69) is 20.9 Å². The molecule has 33 heavy (non-hydrogen) atoms. The molecule has 4 rings (SSSR count). The lowest BCUT2D eigenvalue weighted by atomic mass is 10.1. The van der Waals surface area contributed by atoms with Crippen molar-refractivity contribution in [2.45, 2.75) is 12.5 Å². The first-order chi connectivity index (χ1) is 16.2. The van der Waals surface area contributed by atoms with Gasteiger partial charge in [0, 0.05) is 36.6 Å². The summed E-state index contributed by atoms with van der Waals surface area (Å²) < 4.78 is 5.40. The number of amides is 3. The van der Waals surface area contributed by atoms with Crippen LogP contribution in [0.4, 0.5) is 21.9 Å². The number of urea groups is 1. The van der Waals surface area contributed by atoms with Gasteiger partial charge in [0.05, 0.1) is 13.2 Å². The van der Waals surface area contributed by atoms with Gasteiger partial charge in [0.2, 0.25) is 5.91 Å². The summed E-state index contributed by atoms with van der Waals surface area (Å²) >= 11 is 0. The van der Waals surface area contributed by atoms with Gasteiger partial charge < -0.3 is 25.6 Å². The number of rotatable bonds is 7. The molecule has 1 heterocycles. The molecule has 0 radical (unpaired) electrons. The number of hydrogen-bond donors (Lipinski definition) is 3. The molecule has 7 heteroatoms. The maximum atomic E-state index is 13.1. The fourth-order valence-electron chi connectivity index (χ4n) is 3.71. The van der Waals surface area contributed by atoms with Crippen LogP contribution in [0.3, 0.4) is 0 Å². The lowest BCUT2D eigenvalue weighted by Crippen LogP contribution is -2.46. The van der Waals surface area contributed by atoms with Gasteiger partial charge in [-0.1, -0.05) is 48.5 Å². The van der Waals surface area contributed by atoms with Crippen molar-refractivity contribution in [3.05, 3.63) is 90.5 Å². The standard InChI is InChI=1S/C26H28N4O3/c31-25(27-22-11-13-23(14-12-22)30-15-17-33-18-16-30)24(19-20-7-3-1-4-8-20)29-26(32)28-21-9-5-2-6-10-21/h1-14,24H,15-19H2,(H,27,31)(H2,28,29,32). The van der Waals surface area contributed by atoms with Crippen LogP contribution in [-0.4, -0.2) is 44.3 Å². The highest BCUT2D eigenvalue weighted by Crippen LogP contribution is 2.19. The van der Waals surface area contributed by atoms with Crippen LogP contribution < -0.4 is 20.9 Å². The second-order valence-corrected chi connectivity index (χ2v) is 7.84. The summed E-state index contributed by atoms with van der Waals surface area (Å²) in [7, 11) is 0. The average Bonchev–Trinajstić information content (AvgIpc) is 2.86. The molecule has 1 fully saturated rings. The number of nitrogens with zero attached hydrogens (tertiary/aromatic N) is 1. The number of hydrogen-bond acceptors (Lipinski definition) is 4. The Balaban J connectivity index is 1.42. The number of carbonyl (C=O) groups is 2. The molecule has 3 aromatic carbocycles. The van der Waals surface area contributed by atoms with E-state index in [1.807, 2.05) is 72.8 Å². The first kappa shape index (κ1) is 22.4. The van der Waals surface area contributed by atoms with Crippen molar-refractivity contribution in [1.82, 2.24) is 5.32 Å². The Hall–Kier alpha value is -3.84. The van der Waals surface area contributed by atoms with E-state index >= 15 is 0 Å². The van der Waals surface area contributed by atoms with E-state index in [1.165, 1.54) is 0 Å². The Bertz CT molecular complexity index is 1040. The maximum absolute atomic E-state index is 13.1. The highest BCUT2D eigenvalue weighted by Gasteiger charge is 2.22. The van der Waals surface area contributed by atoms with E-state index in [0.29, 0.717) is 17.8 Å². The summed E-state index contributed by atoms with van der Waals surface area (Å²) in [5.41, 5.74) is 3.39. The van der Waals surface area contributed by atoms with Crippen LogP contribution in [0.25, 0.3) is 0 Å². The molecule has 3 N–H and O–H groups in total. The van der Waals surface area contributed by atoms with Crippen LogP contribution in [0.1, 0.15) is 5.56 Å². The van der Waals surface area contributed by atoms with E-state index in [4.69, 9.17) is 4.74 Å². The Morgan fingerprint density at radius 3 is 2.06 bits per heavy atom. The summed E-state index contributed by atoms with van der Waals surface area (Å²) in [6.07, 6.45) is 0.376. The summed E-state index contributed by atoms with van der Waals surface area (Å²) in [6, 6.07) is 25.3. The number of benzene rings is 3. The van der Waals surface area contributed by atoms with Gasteiger partial charge >= 0.3 is 6.03 Å². The molecule has 1 atom stereocenters. The first-order valence-electron chi connectivity index (χ1n) is 11.1. The summed E-state index contributed by atoms with van der Waals surface area (Å²) in [5.74, 6) is -0.277. The van der Waals surface area contributed by atoms with Gasteiger partial charge in [-0.25, -0.2) is 4.79 Å². The van der Waals surface area contributed by atoms with Crippen molar-refractivity contribution in [3.63, 3.8) is 0 Å². The second-order valence-electron chi connectivity index (χ2n) is 7.84. The molecule has 1 aliphatic heterocycles. The molecule has 3 amide bonds. The number of anilines is 3. The van der Waals surface area contributed by atoms with Gasteiger partial charge in [0.15, 0.2) is 0 Å². The molecule has 3 aromatic rings. The molecule has 1 aliphatic rings. The average molecular weight is 445 g/mol. The lowest BCUT2D eigenvalue weighted by molar-refractivity contribution is -0.117. The van der Waals surface area contributed by atoms with Crippen molar-refractivity contribution in [1.29, 1.82) is 0 Å². The SMILES string of the molecule is O=C(Nc1ccccc1)NC(Cc1ccccc1)C(=O)Nc1ccc(N2CCOCC2)cc1. The quantitative estimate of drug-likeness (QED) is 0.516. The van der Waals surface area contributed by atoms with E-state index in [1.54, 1.807) is 12.1 Å². The van der Waals surface area contributed by atoms with Crippen molar-refractivity contribution in [2.75, 3.05) is 41.8 Å². The fourth-order valence-corrected chi connectivity index (χ4v) is 3.71. The molecule has 0 spiro atoms. The highest BCUT2D eigenvalue weighted by molar-refractivity contribution is 5.99. The summed E-state index contributed by atoms with van der Waals surface area (Å²) in [4.78, 5) is 27.9. The summed E-state index contributed by atoms with van der Waals surface area (Å²) in [6.45, 7) is 3.14. The van der Waals surface area contributed by atoms with Crippen LogP contribution in [0.2, 0.25) is 0 Å². The number of carbonyl (C=O) groups excluding carboxylic acids is 2. The van der Waals surface area contributed by atoms with Gasteiger partial charge in [0.1, 0.15) is 6.04 Å². The fraction of sp³-hybridized carbons (Fsp3) is 0.231. The van der Waals surface area contributed by atoms with Crippen LogP contribution in [0.15, 0.2) is 84.9 Å². The van der Waals surface area contributed by atoms with Crippen molar-refractivity contribution in [3.8, 4) is 0 Å². The minimum absolute atomic E-state index is 0.277. The maximum Gasteiger partial charge on any atom is 0.319 e. The van der Waals surface area contributed by atoms with Crippen LogP contribution in [-0.2, 0) is 16.0 Å². The highest BCUT2D eigenvalue weighted by atomic mass is 16.5. The van der Waals surface area contributed by atoms with E-state index in [-0.39, 0.29) is 5.91 Å². The Morgan fingerprint density at radius 2 is 1.39 bits per heavy atom. The molecule has 7 nitrogen and oxygen atoms in total. The minimum Gasteiger partial charge on any atom is -0.378 e. The number of para-hydroxylation sites is 1. The van der Waals surface area contributed by atoms with E-state index < -0.39 is 12.1 Å². The topological polar surface area (TPSA) is 82.7 Å². The van der Waals surface area contributed by atoms with Crippen LogP contribution in [0.5, 0.6) is 0 Å². The zero-order valence-corrected chi connectivity index (χ0v) is 18.4. The molecular formula is C26H28N4O3. The third kappa shape index (κ3) is 6.57. The zero-order chi connectivity index (χ0) is 22.9. The van der Waals surface area contributed by atoms with Crippen molar-refractivity contribution < 1.29 is 14.3 Å².